The second-order valence-electron chi connectivity index (χ2n) is 4.56. The molecule has 0 unspecified atom stereocenters. The third-order valence-electron chi connectivity index (χ3n) is 3.01. The maximum atomic E-state index is 12.2. The quantitative estimate of drug-likeness (QED) is 0.558. The highest BCUT2D eigenvalue weighted by Crippen LogP contribution is 2.33. The molecular weight excluding hydrogens is 419 g/mol. The number of halogens is 3. The minimum atomic E-state index is -0.407. The van der Waals surface area contributed by atoms with Crippen LogP contribution in [-0.4, -0.2) is 26.3 Å². The Labute approximate surface area is 157 Å². The summed E-state index contributed by atoms with van der Waals surface area (Å²) in [6.45, 7) is 0. The second kappa shape index (κ2) is 8.37. The number of hydrazone groups is 1. The summed E-state index contributed by atoms with van der Waals surface area (Å²) in [6.07, 6.45) is 1.43. The highest BCUT2D eigenvalue weighted by molar-refractivity contribution is 9.10. The first kappa shape index (κ1) is 18.6. The molecular formula is C16H13BrCl2N2O3. The Morgan fingerprint density at radius 3 is 2.42 bits per heavy atom. The van der Waals surface area contributed by atoms with E-state index in [1.165, 1.54) is 20.4 Å². The van der Waals surface area contributed by atoms with Crippen LogP contribution in [0.2, 0.25) is 10.0 Å². The highest BCUT2D eigenvalue weighted by Gasteiger charge is 2.12. The second-order valence-corrected chi connectivity index (χ2v) is 6.29. The van der Waals surface area contributed by atoms with Gasteiger partial charge in [-0.15, -0.1) is 0 Å². The first-order valence-electron chi connectivity index (χ1n) is 6.66. The molecule has 8 heteroatoms. The van der Waals surface area contributed by atoms with Gasteiger partial charge in [0.2, 0.25) is 0 Å². The largest absolute Gasteiger partial charge is 0.496 e. The van der Waals surface area contributed by atoms with E-state index >= 15 is 0 Å². The highest BCUT2D eigenvalue weighted by atomic mass is 79.9. The summed E-state index contributed by atoms with van der Waals surface area (Å²) in [6, 6.07) is 8.36. The van der Waals surface area contributed by atoms with E-state index in [1.54, 1.807) is 30.3 Å². The van der Waals surface area contributed by atoms with E-state index in [4.69, 9.17) is 32.7 Å². The van der Waals surface area contributed by atoms with Gasteiger partial charge >= 0.3 is 0 Å². The third-order valence-corrected chi connectivity index (χ3v) is 4.07. The lowest BCUT2D eigenvalue weighted by atomic mass is 10.2. The van der Waals surface area contributed by atoms with Gasteiger partial charge in [0.15, 0.2) is 5.75 Å². The van der Waals surface area contributed by atoms with Crippen LogP contribution in [0.15, 0.2) is 39.9 Å². The van der Waals surface area contributed by atoms with Gasteiger partial charge in [-0.1, -0.05) is 39.1 Å². The Morgan fingerprint density at radius 1 is 1.17 bits per heavy atom. The number of carbonyl (C=O) groups is 1. The predicted octanol–water partition coefficient (Wildman–Crippen LogP) is 4.54. The molecule has 126 valence electrons. The summed E-state index contributed by atoms with van der Waals surface area (Å²) in [4.78, 5) is 12.2. The number of benzene rings is 2. The number of carbonyl (C=O) groups excluding carboxylic acids is 1. The minimum Gasteiger partial charge on any atom is -0.496 e. The van der Waals surface area contributed by atoms with Gasteiger partial charge in [0.05, 0.1) is 36.0 Å². The molecule has 5 nitrogen and oxygen atoms in total. The van der Waals surface area contributed by atoms with Crippen molar-refractivity contribution in [3.05, 3.63) is 56.0 Å². The zero-order valence-corrected chi connectivity index (χ0v) is 15.9. The van der Waals surface area contributed by atoms with Gasteiger partial charge in [0.25, 0.3) is 5.91 Å². The number of hydrogen-bond donors (Lipinski definition) is 1. The molecule has 1 amide bonds. The molecule has 0 atom stereocenters. The molecule has 2 rings (SSSR count). The van der Waals surface area contributed by atoms with Crippen molar-refractivity contribution >= 4 is 51.3 Å². The van der Waals surface area contributed by atoms with Gasteiger partial charge in [-0.2, -0.15) is 5.10 Å². The Bertz CT molecular complexity index is 774. The topological polar surface area (TPSA) is 59.9 Å². The average molecular weight is 432 g/mol. The van der Waals surface area contributed by atoms with Gasteiger partial charge in [-0.3, -0.25) is 4.79 Å². The van der Waals surface area contributed by atoms with Crippen LogP contribution < -0.4 is 14.9 Å². The summed E-state index contributed by atoms with van der Waals surface area (Å²) < 4.78 is 11.0. The lowest BCUT2D eigenvalue weighted by molar-refractivity contribution is 0.0952. The molecule has 0 aromatic heterocycles. The summed E-state index contributed by atoms with van der Waals surface area (Å²) in [7, 11) is 2.97. The maximum Gasteiger partial charge on any atom is 0.275 e. The van der Waals surface area contributed by atoms with Crippen molar-refractivity contribution in [2.45, 2.75) is 0 Å². The fraction of sp³-hybridized carbons (Fsp3) is 0.125. The molecule has 0 bridgehead atoms. The molecule has 24 heavy (non-hydrogen) atoms. The molecule has 2 aromatic rings. The number of methoxy groups -OCH3 is 2. The molecule has 0 spiro atoms. The van der Waals surface area contributed by atoms with Crippen LogP contribution in [0.1, 0.15) is 15.9 Å². The number of nitrogens with one attached hydrogen (secondary N) is 1. The van der Waals surface area contributed by atoms with E-state index in [2.05, 4.69) is 26.5 Å². The zero-order chi connectivity index (χ0) is 17.7. The van der Waals surface area contributed by atoms with Crippen LogP contribution in [0.4, 0.5) is 0 Å². The SMILES string of the molecule is COc1ccc(Br)cc1C(=O)NN=Cc1cc(Cl)c(OC)c(Cl)c1. The molecule has 0 heterocycles. The summed E-state index contributed by atoms with van der Waals surface area (Å²) in [5.41, 5.74) is 3.40. The molecule has 0 saturated carbocycles. The van der Waals surface area contributed by atoms with Gasteiger partial charge in [0, 0.05) is 4.47 Å². The van der Waals surface area contributed by atoms with Crippen molar-refractivity contribution < 1.29 is 14.3 Å². The number of nitrogens with zero attached hydrogens (tertiary/aromatic N) is 1. The molecule has 1 N–H and O–H groups in total. The van der Waals surface area contributed by atoms with Crippen LogP contribution in [-0.2, 0) is 0 Å². The monoisotopic (exact) mass is 430 g/mol. The maximum absolute atomic E-state index is 12.2. The van der Waals surface area contributed by atoms with Crippen LogP contribution in [0.5, 0.6) is 11.5 Å². The first-order valence-corrected chi connectivity index (χ1v) is 8.21. The Balaban J connectivity index is 2.15. The number of rotatable bonds is 5. The molecule has 0 radical (unpaired) electrons. The lowest BCUT2D eigenvalue weighted by Gasteiger charge is -2.08. The van der Waals surface area contributed by atoms with E-state index in [1.807, 2.05) is 0 Å². The summed E-state index contributed by atoms with van der Waals surface area (Å²) in [5.74, 6) is 0.426. The van der Waals surface area contributed by atoms with Crippen LogP contribution >= 0.6 is 39.1 Å². The first-order chi connectivity index (χ1) is 11.5. The summed E-state index contributed by atoms with van der Waals surface area (Å²) in [5, 5.41) is 4.61. The molecule has 0 fully saturated rings. The van der Waals surface area contributed by atoms with E-state index < -0.39 is 5.91 Å². The predicted molar refractivity (Wildman–Crippen MR) is 98.8 cm³/mol. The van der Waals surface area contributed by atoms with Crippen LogP contribution in [0.3, 0.4) is 0 Å². The van der Waals surface area contributed by atoms with Crippen molar-refractivity contribution in [1.82, 2.24) is 5.43 Å². The van der Waals surface area contributed by atoms with Gasteiger partial charge < -0.3 is 9.47 Å². The Hall–Kier alpha value is -1.76. The number of ether oxygens (including phenoxy) is 2. The van der Waals surface area contributed by atoms with E-state index in [0.717, 1.165) is 4.47 Å². The van der Waals surface area contributed by atoms with Gasteiger partial charge in [-0.25, -0.2) is 5.43 Å². The third kappa shape index (κ3) is 4.41. The van der Waals surface area contributed by atoms with Crippen molar-refractivity contribution in [3.8, 4) is 11.5 Å². The Kier molecular flexibility index (Phi) is 6.48. The minimum absolute atomic E-state index is 0.353. The van der Waals surface area contributed by atoms with Gasteiger partial charge in [-0.05, 0) is 35.9 Å². The number of amides is 1. The molecule has 0 aliphatic heterocycles. The van der Waals surface area contributed by atoms with Crippen LogP contribution in [0, 0.1) is 0 Å². The fourth-order valence-electron chi connectivity index (χ4n) is 1.93. The van der Waals surface area contributed by atoms with E-state index in [0.29, 0.717) is 32.7 Å². The molecule has 0 aliphatic rings. The summed E-state index contributed by atoms with van der Waals surface area (Å²) >= 11 is 15.4. The lowest BCUT2D eigenvalue weighted by Crippen LogP contribution is -2.18. The average Bonchev–Trinajstić information content (AvgIpc) is 2.54. The number of hydrogen-bond acceptors (Lipinski definition) is 4. The normalized spacial score (nSPS) is 10.7. The zero-order valence-electron chi connectivity index (χ0n) is 12.8. The molecule has 2 aromatic carbocycles. The van der Waals surface area contributed by atoms with Gasteiger partial charge in [0.1, 0.15) is 5.75 Å². The van der Waals surface area contributed by atoms with Crippen molar-refractivity contribution in [2.75, 3.05) is 14.2 Å². The van der Waals surface area contributed by atoms with Crippen molar-refractivity contribution in [1.29, 1.82) is 0 Å². The molecule has 0 aliphatic carbocycles. The standard InChI is InChI=1S/C16H13BrCl2N2O3/c1-23-14-4-3-10(17)7-11(14)16(22)21-20-8-9-5-12(18)15(24-2)13(19)6-9/h3-8H,1-2H3,(H,21,22). The van der Waals surface area contributed by atoms with E-state index in [-0.39, 0.29) is 0 Å². The molecule has 0 saturated heterocycles. The van der Waals surface area contributed by atoms with E-state index in [9.17, 15) is 4.79 Å². The van der Waals surface area contributed by atoms with Crippen molar-refractivity contribution in [2.24, 2.45) is 5.10 Å². The fourth-order valence-corrected chi connectivity index (χ4v) is 2.95. The van der Waals surface area contributed by atoms with Crippen LogP contribution in [0.25, 0.3) is 0 Å². The van der Waals surface area contributed by atoms with Crippen molar-refractivity contribution in [3.63, 3.8) is 0 Å². The smallest absolute Gasteiger partial charge is 0.275 e. The Morgan fingerprint density at radius 2 is 1.83 bits per heavy atom.